The Bertz CT molecular complexity index is 46.8. The van der Waals surface area contributed by atoms with Gasteiger partial charge in [0.1, 0.15) is 0 Å². The van der Waals surface area contributed by atoms with Gasteiger partial charge in [-0.3, -0.25) is 4.79 Å². The van der Waals surface area contributed by atoms with Crippen LogP contribution in [0.4, 0.5) is 0 Å². The minimum Gasteiger partial charge on any atom is -0.480 e. The van der Waals surface area contributed by atoms with E-state index in [4.69, 9.17) is 5.11 Å². The first-order chi connectivity index (χ1) is 2.27. The Balaban J connectivity index is 0. The molecule has 0 unspecified atom stereocenters. The molecule has 0 spiro atoms. The fourth-order valence-electron chi connectivity index (χ4n) is 0. The number of rotatable bonds is 1. The minimum atomic E-state index is -0.968. The smallest absolute Gasteiger partial charge is 0.317 e. The first-order valence-corrected chi connectivity index (χ1v) is 1.19. The molecule has 4 heteroatoms. The molecule has 0 aliphatic rings. The molecule has 0 heterocycles. The van der Waals surface area contributed by atoms with E-state index in [0.29, 0.717) is 0 Å². The van der Waals surface area contributed by atoms with Gasteiger partial charge in [-0.15, -0.1) is 0 Å². The van der Waals surface area contributed by atoms with Gasteiger partial charge in [0.05, 0.1) is 6.54 Å². The zero-order valence-electron chi connectivity index (χ0n) is 2.64. The van der Waals surface area contributed by atoms with Gasteiger partial charge >= 0.3 is 5.97 Å². The molecule has 0 aromatic rings. The van der Waals surface area contributed by atoms with Crippen LogP contribution in [0.1, 0.15) is 0 Å². The SMILES string of the molecule is NCC(=O)O.[SiH4]. The highest BCUT2D eigenvalue weighted by Gasteiger charge is 1.81. The number of nitrogens with two attached hydrogens (primary N) is 1. The van der Waals surface area contributed by atoms with Crippen LogP contribution in [0.3, 0.4) is 0 Å². The molecule has 0 radical (unpaired) electrons. The summed E-state index contributed by atoms with van der Waals surface area (Å²) in [6.07, 6.45) is 0. The Morgan fingerprint density at radius 1 is 1.83 bits per heavy atom. The normalized spacial score (nSPS) is 6.17. The zero-order chi connectivity index (χ0) is 4.28. The van der Waals surface area contributed by atoms with E-state index >= 15 is 0 Å². The lowest BCUT2D eigenvalue weighted by atomic mass is 10.7. The third kappa shape index (κ3) is 9.42. The molecule has 3 N–H and O–H groups in total. The van der Waals surface area contributed by atoms with E-state index in [-0.39, 0.29) is 17.5 Å². The van der Waals surface area contributed by atoms with Crippen molar-refractivity contribution in [2.24, 2.45) is 5.73 Å². The summed E-state index contributed by atoms with van der Waals surface area (Å²) in [4.78, 5) is 9.24. The van der Waals surface area contributed by atoms with Crippen molar-refractivity contribution >= 4 is 16.9 Å². The van der Waals surface area contributed by atoms with Crippen LogP contribution in [0.25, 0.3) is 0 Å². The van der Waals surface area contributed by atoms with Gasteiger partial charge in [0.2, 0.25) is 0 Å². The van der Waals surface area contributed by atoms with Crippen molar-refractivity contribution in [2.45, 2.75) is 0 Å². The van der Waals surface area contributed by atoms with Crippen LogP contribution >= 0.6 is 0 Å². The van der Waals surface area contributed by atoms with Crippen LogP contribution in [0.5, 0.6) is 0 Å². The van der Waals surface area contributed by atoms with Gasteiger partial charge in [-0.2, -0.15) is 0 Å². The summed E-state index contributed by atoms with van der Waals surface area (Å²) < 4.78 is 0. The third-order valence-corrected chi connectivity index (χ3v) is 0.175. The maximum absolute atomic E-state index is 9.24. The summed E-state index contributed by atoms with van der Waals surface area (Å²) in [5, 5.41) is 7.60. The predicted molar refractivity (Wildman–Crippen MR) is 28.0 cm³/mol. The van der Waals surface area contributed by atoms with E-state index in [1.807, 2.05) is 0 Å². The van der Waals surface area contributed by atoms with Crippen molar-refractivity contribution in [1.29, 1.82) is 0 Å². The van der Waals surface area contributed by atoms with E-state index in [1.54, 1.807) is 0 Å². The Morgan fingerprint density at radius 2 is 2.00 bits per heavy atom. The molecule has 6 heavy (non-hydrogen) atoms. The standard InChI is InChI=1S/C2H5NO2.H4Si/c3-1-2(4)5;/h1,3H2,(H,4,5);1H4. The Morgan fingerprint density at radius 3 is 2.00 bits per heavy atom. The third-order valence-electron chi connectivity index (χ3n) is 0.175. The second-order valence-corrected chi connectivity index (χ2v) is 0.598. The summed E-state index contributed by atoms with van der Waals surface area (Å²) in [5.74, 6) is -0.968. The lowest BCUT2D eigenvalue weighted by molar-refractivity contribution is -0.135. The number of hydrogen-bond acceptors (Lipinski definition) is 2. The highest BCUT2D eigenvalue weighted by Crippen LogP contribution is 1.43. The fourth-order valence-corrected chi connectivity index (χ4v) is 0. The average Bonchev–Trinajstić information content (AvgIpc) is 1.38. The molecule has 0 fully saturated rings. The zero-order valence-corrected chi connectivity index (χ0v) is 2.64. The Kier molecular flexibility index (Phi) is 7.10. The molecule has 0 atom stereocenters. The largest absolute Gasteiger partial charge is 0.480 e. The van der Waals surface area contributed by atoms with E-state index in [0.717, 1.165) is 0 Å². The molecule has 0 rings (SSSR count). The quantitative estimate of drug-likeness (QED) is 0.366. The van der Waals surface area contributed by atoms with Crippen molar-refractivity contribution in [3.05, 3.63) is 0 Å². The van der Waals surface area contributed by atoms with Gasteiger partial charge in [0.25, 0.3) is 0 Å². The molecule has 0 aromatic heterocycles. The highest BCUT2D eigenvalue weighted by molar-refractivity contribution is 5.75. The van der Waals surface area contributed by atoms with Gasteiger partial charge < -0.3 is 10.8 Å². The number of carbonyl (C=O) groups is 1. The van der Waals surface area contributed by atoms with Gasteiger partial charge in [-0.1, -0.05) is 0 Å². The van der Waals surface area contributed by atoms with Crippen molar-refractivity contribution in [3.8, 4) is 0 Å². The number of carboxylic acids is 1. The summed E-state index contributed by atoms with van der Waals surface area (Å²) in [5.41, 5.74) is 4.57. The molecule has 3 nitrogen and oxygen atoms in total. The summed E-state index contributed by atoms with van der Waals surface area (Å²) in [7, 11) is 0. The first-order valence-electron chi connectivity index (χ1n) is 1.19. The van der Waals surface area contributed by atoms with E-state index in [1.165, 1.54) is 0 Å². The van der Waals surface area contributed by atoms with Gasteiger partial charge in [-0.25, -0.2) is 0 Å². The monoisotopic (exact) mass is 107 g/mol. The maximum atomic E-state index is 9.24. The highest BCUT2D eigenvalue weighted by atomic mass is 28.1. The van der Waals surface area contributed by atoms with Gasteiger partial charge in [-0.05, 0) is 11.0 Å². The number of carboxylic acid groups (broad SMARTS) is 1. The molecular formula is C2H9NO2Si. The molecule has 0 bridgehead atoms. The Labute approximate surface area is 40.2 Å². The molecule has 0 saturated heterocycles. The molecule has 0 aromatic carbocycles. The van der Waals surface area contributed by atoms with Gasteiger partial charge in [0.15, 0.2) is 0 Å². The van der Waals surface area contributed by atoms with E-state index in [9.17, 15) is 4.79 Å². The molecular weight excluding hydrogens is 98.1 g/mol. The lowest BCUT2D eigenvalue weighted by Gasteiger charge is -1.73. The maximum Gasteiger partial charge on any atom is 0.317 e. The van der Waals surface area contributed by atoms with Crippen LogP contribution in [0.15, 0.2) is 0 Å². The van der Waals surface area contributed by atoms with Crippen LogP contribution in [-0.4, -0.2) is 28.6 Å². The van der Waals surface area contributed by atoms with E-state index < -0.39 is 5.97 Å². The summed E-state index contributed by atoms with van der Waals surface area (Å²) in [6.45, 7) is -0.278. The number of aliphatic carboxylic acids is 1. The second-order valence-electron chi connectivity index (χ2n) is 0.598. The Hall–Kier alpha value is -0.353. The summed E-state index contributed by atoms with van der Waals surface area (Å²) in [6, 6.07) is 0. The molecule has 0 amide bonds. The number of hydrogen-bond donors (Lipinski definition) is 2. The fraction of sp³-hybridized carbons (Fsp3) is 0.500. The topological polar surface area (TPSA) is 63.3 Å². The van der Waals surface area contributed by atoms with Crippen LogP contribution in [0, 0.1) is 0 Å². The second kappa shape index (κ2) is 4.65. The minimum absolute atomic E-state index is 0. The summed E-state index contributed by atoms with van der Waals surface area (Å²) >= 11 is 0. The van der Waals surface area contributed by atoms with E-state index in [2.05, 4.69) is 5.73 Å². The molecule has 38 valence electrons. The predicted octanol–water partition coefficient (Wildman–Crippen LogP) is -2.42. The van der Waals surface area contributed by atoms with Crippen LogP contribution in [-0.2, 0) is 4.79 Å². The van der Waals surface area contributed by atoms with Crippen molar-refractivity contribution in [1.82, 2.24) is 0 Å². The molecule has 0 aliphatic carbocycles. The van der Waals surface area contributed by atoms with Crippen molar-refractivity contribution in [2.75, 3.05) is 6.54 Å². The van der Waals surface area contributed by atoms with Crippen molar-refractivity contribution in [3.63, 3.8) is 0 Å². The average molecular weight is 107 g/mol. The van der Waals surface area contributed by atoms with Crippen LogP contribution in [0.2, 0.25) is 0 Å². The molecule has 0 saturated carbocycles. The lowest BCUT2D eigenvalue weighted by Crippen LogP contribution is -2.10. The first kappa shape index (κ1) is 9.17. The molecule has 0 aliphatic heterocycles. The van der Waals surface area contributed by atoms with Crippen LogP contribution < -0.4 is 5.73 Å². The van der Waals surface area contributed by atoms with Crippen molar-refractivity contribution < 1.29 is 9.90 Å². The van der Waals surface area contributed by atoms with Gasteiger partial charge in [0, 0.05) is 0 Å².